The van der Waals surface area contributed by atoms with Crippen molar-refractivity contribution < 1.29 is 18.3 Å². The maximum atomic E-state index is 12.3. The molecule has 0 amide bonds. The smallest absolute Gasteiger partial charge is 0.382 e. The molecule has 0 aliphatic carbocycles. The van der Waals surface area contributed by atoms with Gasteiger partial charge in [0.25, 0.3) is 0 Å². The molecule has 2 atom stereocenters. The van der Waals surface area contributed by atoms with Crippen molar-refractivity contribution in [2.75, 3.05) is 0 Å². The molecule has 0 saturated heterocycles. The summed E-state index contributed by atoms with van der Waals surface area (Å²) in [6, 6.07) is 3.12. The Hall–Kier alpha value is 0.180. The molecule has 0 aliphatic rings. The lowest BCUT2D eigenvalue weighted by Crippen LogP contribution is -2.39. The molecule has 1 aromatic rings. The van der Waals surface area contributed by atoms with Crippen LogP contribution in [0.25, 0.3) is 0 Å². The van der Waals surface area contributed by atoms with E-state index in [1.54, 1.807) is 12.1 Å². The lowest BCUT2D eigenvalue weighted by molar-refractivity contribution is -0.210. The van der Waals surface area contributed by atoms with Crippen LogP contribution in [0.5, 0.6) is 0 Å². The first-order chi connectivity index (χ1) is 7.23. The first-order valence-electron chi connectivity index (χ1n) is 4.19. The Labute approximate surface area is 119 Å². The van der Waals surface area contributed by atoms with E-state index in [0.29, 0.717) is 8.95 Å². The minimum Gasteiger partial charge on any atom is -0.382 e. The highest BCUT2D eigenvalue weighted by atomic mass is 79.9. The third-order valence-electron chi connectivity index (χ3n) is 1.99. The maximum absolute atomic E-state index is 12.3. The van der Waals surface area contributed by atoms with E-state index < -0.39 is 18.3 Å². The summed E-state index contributed by atoms with van der Waals surface area (Å²) >= 11 is 6.21. The number of hydrogen-bond acceptors (Lipinski definition) is 2. The van der Waals surface area contributed by atoms with Crippen LogP contribution in [0.4, 0.5) is 13.2 Å². The van der Waals surface area contributed by atoms with Crippen molar-refractivity contribution in [2.45, 2.75) is 18.3 Å². The maximum Gasteiger partial charge on any atom is 0.416 e. The van der Waals surface area contributed by atoms with Crippen LogP contribution in [0.2, 0.25) is 0 Å². The fourth-order valence-electron chi connectivity index (χ4n) is 1.14. The number of rotatable bonds is 2. The van der Waals surface area contributed by atoms with Gasteiger partial charge in [0.05, 0.1) is 6.04 Å². The van der Waals surface area contributed by atoms with E-state index in [1.807, 2.05) is 0 Å². The van der Waals surface area contributed by atoms with Gasteiger partial charge in [-0.3, -0.25) is 0 Å². The zero-order chi connectivity index (χ0) is 12.5. The number of benzene rings is 1. The summed E-state index contributed by atoms with van der Waals surface area (Å²) in [5, 5.41) is 9.04. The van der Waals surface area contributed by atoms with E-state index >= 15 is 0 Å². The summed E-state index contributed by atoms with van der Waals surface area (Å²) in [5.41, 5.74) is 5.57. The van der Waals surface area contributed by atoms with Gasteiger partial charge in [0, 0.05) is 8.95 Å². The molecular weight excluding hydrogens is 390 g/mol. The molecule has 1 aromatic carbocycles. The molecule has 2 nitrogen and oxygen atoms in total. The third kappa shape index (κ3) is 4.40. The standard InChI is InChI=1S/C9H8Br2F3NO.ClH/c10-4-1-2-6(11)5(3-4)7(15)8(16)9(12,13)14;/h1-3,7-8,16H,15H2;1H/t7-,8-;/m1./s1. The van der Waals surface area contributed by atoms with Gasteiger partial charge in [-0.1, -0.05) is 31.9 Å². The topological polar surface area (TPSA) is 46.2 Å². The Morgan fingerprint density at radius 1 is 1.24 bits per heavy atom. The van der Waals surface area contributed by atoms with Gasteiger partial charge in [0.2, 0.25) is 0 Å². The second-order valence-corrected chi connectivity index (χ2v) is 4.95. The molecule has 0 aromatic heterocycles. The van der Waals surface area contributed by atoms with Crippen LogP contribution in [0.15, 0.2) is 27.1 Å². The molecule has 98 valence electrons. The predicted molar refractivity (Wildman–Crippen MR) is 68.1 cm³/mol. The fourth-order valence-corrected chi connectivity index (χ4v) is 2.03. The second kappa shape index (κ2) is 6.38. The van der Waals surface area contributed by atoms with Crippen molar-refractivity contribution >= 4 is 44.3 Å². The number of halogens is 6. The van der Waals surface area contributed by atoms with Gasteiger partial charge in [0.15, 0.2) is 6.10 Å². The molecule has 1 rings (SSSR count). The van der Waals surface area contributed by atoms with E-state index in [0.717, 1.165) is 0 Å². The van der Waals surface area contributed by atoms with Crippen LogP contribution in [0.1, 0.15) is 11.6 Å². The summed E-state index contributed by atoms with van der Waals surface area (Å²) in [7, 11) is 0. The number of aliphatic hydroxyl groups excluding tert-OH is 1. The monoisotopic (exact) mass is 397 g/mol. The van der Waals surface area contributed by atoms with Crippen LogP contribution in [-0.2, 0) is 0 Å². The Bertz CT molecular complexity index is 389. The Balaban J connectivity index is 0.00000256. The highest BCUT2D eigenvalue weighted by Crippen LogP contribution is 2.33. The highest BCUT2D eigenvalue weighted by molar-refractivity contribution is 9.11. The zero-order valence-electron chi connectivity index (χ0n) is 8.21. The molecule has 0 fully saturated rings. The average Bonchev–Trinajstić information content (AvgIpc) is 2.18. The number of hydrogen-bond donors (Lipinski definition) is 2. The van der Waals surface area contributed by atoms with Gasteiger partial charge < -0.3 is 10.8 Å². The molecule has 0 aliphatic heterocycles. The summed E-state index contributed by atoms with van der Waals surface area (Å²) in [4.78, 5) is 0. The van der Waals surface area contributed by atoms with Gasteiger partial charge in [-0.05, 0) is 23.8 Å². The number of aliphatic hydroxyl groups is 1. The van der Waals surface area contributed by atoms with Crippen molar-refractivity contribution in [3.63, 3.8) is 0 Å². The summed E-state index contributed by atoms with van der Waals surface area (Å²) in [6.45, 7) is 0. The Morgan fingerprint density at radius 2 is 1.76 bits per heavy atom. The van der Waals surface area contributed by atoms with Crippen molar-refractivity contribution in [1.29, 1.82) is 0 Å². The molecule has 0 bridgehead atoms. The molecule has 3 N–H and O–H groups in total. The number of alkyl halides is 3. The summed E-state index contributed by atoms with van der Waals surface area (Å²) < 4.78 is 37.8. The van der Waals surface area contributed by atoms with Gasteiger partial charge in [0.1, 0.15) is 0 Å². The van der Waals surface area contributed by atoms with Crippen molar-refractivity contribution in [2.24, 2.45) is 5.73 Å². The molecule has 17 heavy (non-hydrogen) atoms. The lowest BCUT2D eigenvalue weighted by atomic mass is 10.0. The molecule has 0 spiro atoms. The van der Waals surface area contributed by atoms with Crippen molar-refractivity contribution in [3.8, 4) is 0 Å². The quantitative estimate of drug-likeness (QED) is 0.799. The minimum absolute atomic E-state index is 0. The van der Waals surface area contributed by atoms with Crippen LogP contribution < -0.4 is 5.73 Å². The average molecular weight is 399 g/mol. The molecule has 8 heteroatoms. The largest absolute Gasteiger partial charge is 0.416 e. The van der Waals surface area contributed by atoms with Crippen LogP contribution >= 0.6 is 44.3 Å². The number of nitrogens with two attached hydrogens (primary N) is 1. The van der Waals surface area contributed by atoms with Crippen LogP contribution in [0, 0.1) is 0 Å². The third-order valence-corrected chi connectivity index (χ3v) is 3.21. The summed E-state index contributed by atoms with van der Waals surface area (Å²) in [5.74, 6) is 0. The van der Waals surface area contributed by atoms with E-state index in [2.05, 4.69) is 31.9 Å². The highest BCUT2D eigenvalue weighted by Gasteiger charge is 2.43. The normalized spacial score (nSPS) is 15.0. The minimum atomic E-state index is -4.73. The Morgan fingerprint density at radius 3 is 2.24 bits per heavy atom. The Kier molecular flexibility index (Phi) is 6.44. The summed E-state index contributed by atoms with van der Waals surface area (Å²) in [6.07, 6.45) is -7.32. The molecule has 0 unspecified atom stereocenters. The first-order valence-corrected chi connectivity index (χ1v) is 5.77. The molecule has 0 radical (unpaired) electrons. The van der Waals surface area contributed by atoms with Crippen LogP contribution in [-0.4, -0.2) is 17.4 Å². The molecule has 0 heterocycles. The van der Waals surface area contributed by atoms with E-state index in [1.165, 1.54) is 6.07 Å². The fraction of sp³-hybridized carbons (Fsp3) is 0.333. The van der Waals surface area contributed by atoms with E-state index in [-0.39, 0.29) is 18.0 Å². The van der Waals surface area contributed by atoms with Crippen molar-refractivity contribution in [1.82, 2.24) is 0 Å². The van der Waals surface area contributed by atoms with Gasteiger partial charge in [-0.15, -0.1) is 12.4 Å². The molecular formula is C9H9Br2ClF3NO. The first kappa shape index (κ1) is 17.2. The lowest BCUT2D eigenvalue weighted by Gasteiger charge is -2.22. The second-order valence-electron chi connectivity index (χ2n) is 3.18. The zero-order valence-corrected chi connectivity index (χ0v) is 12.2. The SMILES string of the molecule is Cl.N[C@H](c1cc(Br)ccc1Br)[C@@H](O)C(F)(F)F. The van der Waals surface area contributed by atoms with Crippen LogP contribution in [0.3, 0.4) is 0 Å². The van der Waals surface area contributed by atoms with E-state index in [9.17, 15) is 13.2 Å². The molecule has 0 saturated carbocycles. The van der Waals surface area contributed by atoms with Gasteiger partial charge in [-0.25, -0.2) is 0 Å². The van der Waals surface area contributed by atoms with Gasteiger partial charge >= 0.3 is 6.18 Å². The van der Waals surface area contributed by atoms with E-state index in [4.69, 9.17) is 10.8 Å². The predicted octanol–water partition coefficient (Wildman–Crippen LogP) is 3.56. The van der Waals surface area contributed by atoms with Gasteiger partial charge in [-0.2, -0.15) is 13.2 Å². The van der Waals surface area contributed by atoms with Crippen molar-refractivity contribution in [3.05, 3.63) is 32.7 Å².